The molecule has 0 aliphatic heterocycles. The molecule has 0 radical (unpaired) electrons. The predicted molar refractivity (Wildman–Crippen MR) is 101 cm³/mol. The largest absolute Gasteiger partial charge is 0.478 e. The van der Waals surface area contributed by atoms with Gasteiger partial charge in [0.25, 0.3) is 0 Å². The summed E-state index contributed by atoms with van der Waals surface area (Å²) < 4.78 is 28.2. The smallest absolute Gasteiger partial charge is 0.336 e. The summed E-state index contributed by atoms with van der Waals surface area (Å²) in [5, 5.41) is 9.52. The van der Waals surface area contributed by atoms with E-state index in [0.717, 1.165) is 10.9 Å². The van der Waals surface area contributed by atoms with Crippen LogP contribution in [0.25, 0.3) is 21.6 Å². The van der Waals surface area contributed by atoms with Crippen molar-refractivity contribution in [2.24, 2.45) is 0 Å². The quantitative estimate of drug-likeness (QED) is 0.581. The van der Waals surface area contributed by atoms with Crippen molar-refractivity contribution in [2.45, 2.75) is 26.2 Å². The van der Waals surface area contributed by atoms with Gasteiger partial charge in [-0.05, 0) is 23.6 Å². The van der Waals surface area contributed by atoms with Crippen LogP contribution in [-0.2, 0) is 5.41 Å². The van der Waals surface area contributed by atoms with Crippen LogP contribution in [0.2, 0.25) is 0 Å². The van der Waals surface area contributed by atoms with Crippen LogP contribution in [0.1, 0.15) is 36.0 Å². The summed E-state index contributed by atoms with van der Waals surface area (Å²) in [5.74, 6) is -2.92. The van der Waals surface area contributed by atoms with Crippen LogP contribution in [0.5, 0.6) is 0 Å². The number of carboxylic acid groups (broad SMARTS) is 1. The Morgan fingerprint density at radius 2 is 1.62 bits per heavy atom. The Hall–Kier alpha value is -2.53. The van der Waals surface area contributed by atoms with Gasteiger partial charge in [0, 0.05) is 26.4 Å². The van der Waals surface area contributed by atoms with E-state index in [-0.39, 0.29) is 16.5 Å². The van der Waals surface area contributed by atoms with E-state index in [0.29, 0.717) is 16.0 Å². The van der Waals surface area contributed by atoms with Gasteiger partial charge >= 0.3 is 5.97 Å². The molecule has 0 atom stereocenters. The number of hydrogen-bond acceptors (Lipinski definition) is 2. The van der Waals surface area contributed by atoms with E-state index in [1.54, 1.807) is 18.2 Å². The second-order valence-corrected chi connectivity index (χ2v) is 8.11. The van der Waals surface area contributed by atoms with Gasteiger partial charge in [-0.15, -0.1) is 11.3 Å². The second-order valence-electron chi connectivity index (χ2n) is 7.06. The fourth-order valence-electron chi connectivity index (χ4n) is 2.74. The lowest BCUT2D eigenvalue weighted by Crippen LogP contribution is -2.07. The van der Waals surface area contributed by atoms with Gasteiger partial charge in [0.2, 0.25) is 0 Å². The van der Waals surface area contributed by atoms with E-state index >= 15 is 0 Å². The van der Waals surface area contributed by atoms with E-state index in [9.17, 15) is 18.7 Å². The Kier molecular flexibility index (Phi) is 4.67. The first-order valence-electron chi connectivity index (χ1n) is 8.11. The van der Waals surface area contributed by atoms with Gasteiger partial charge < -0.3 is 5.11 Å². The third kappa shape index (κ3) is 3.27. The van der Waals surface area contributed by atoms with Gasteiger partial charge in [0.1, 0.15) is 0 Å². The highest BCUT2D eigenvalue weighted by atomic mass is 32.1. The van der Waals surface area contributed by atoms with Crippen molar-refractivity contribution in [2.75, 3.05) is 0 Å². The molecule has 3 rings (SSSR count). The summed E-state index contributed by atoms with van der Waals surface area (Å²) in [5.41, 5.74) is 1.06. The average molecular weight is 372 g/mol. The number of halogens is 2. The Labute approximate surface area is 154 Å². The Morgan fingerprint density at radius 3 is 2.27 bits per heavy atom. The van der Waals surface area contributed by atoms with Crippen molar-refractivity contribution in [1.29, 1.82) is 0 Å². The van der Waals surface area contributed by atoms with Gasteiger partial charge in [-0.25, -0.2) is 13.6 Å². The molecule has 1 heterocycles. The number of aromatic carboxylic acids is 1. The van der Waals surface area contributed by atoms with Crippen molar-refractivity contribution in [3.63, 3.8) is 0 Å². The minimum Gasteiger partial charge on any atom is -0.478 e. The second kappa shape index (κ2) is 6.65. The van der Waals surface area contributed by atoms with Gasteiger partial charge in [0.05, 0.1) is 5.56 Å². The van der Waals surface area contributed by atoms with Gasteiger partial charge in [-0.1, -0.05) is 51.1 Å². The monoisotopic (exact) mass is 372 g/mol. The number of rotatable bonds is 3. The minimum atomic E-state index is -1.06. The van der Waals surface area contributed by atoms with Gasteiger partial charge in [-0.3, -0.25) is 0 Å². The highest BCUT2D eigenvalue weighted by Gasteiger charge is 2.25. The summed E-state index contributed by atoms with van der Waals surface area (Å²) >= 11 is 1.41. The molecule has 0 amide bonds. The molecule has 2 nitrogen and oxygen atoms in total. The molecule has 0 unspecified atom stereocenters. The molecule has 3 aromatic rings. The van der Waals surface area contributed by atoms with Crippen molar-refractivity contribution < 1.29 is 18.7 Å². The number of thiophene rings is 1. The fraction of sp³-hybridized carbons (Fsp3) is 0.190. The maximum Gasteiger partial charge on any atom is 0.336 e. The topological polar surface area (TPSA) is 37.3 Å². The molecular formula is C21H18F2O2S. The molecule has 0 spiro atoms. The van der Waals surface area contributed by atoms with E-state index in [4.69, 9.17) is 0 Å². The number of carboxylic acids is 1. The normalized spacial score (nSPS) is 11.6. The molecule has 26 heavy (non-hydrogen) atoms. The molecular weight excluding hydrogens is 354 g/mol. The molecule has 1 aromatic heterocycles. The molecule has 0 aliphatic carbocycles. The third-order valence-corrected chi connectivity index (χ3v) is 5.71. The van der Waals surface area contributed by atoms with Crippen LogP contribution in [0.4, 0.5) is 8.78 Å². The van der Waals surface area contributed by atoms with E-state index < -0.39 is 17.6 Å². The summed E-state index contributed by atoms with van der Waals surface area (Å²) in [7, 11) is 0. The van der Waals surface area contributed by atoms with E-state index in [1.165, 1.54) is 29.5 Å². The van der Waals surface area contributed by atoms with Crippen LogP contribution < -0.4 is 0 Å². The standard InChI is InChI=1S/C21H18F2O2S/c1-21(2,3)17-11-15(12-9-6-10-16(22)18(12)23)19(26-17)13-7-4-5-8-14(13)20(24)25/h4-11H,1-3H3,(H,24,25). The summed E-state index contributed by atoms with van der Waals surface area (Å²) in [6.45, 7) is 6.08. The van der Waals surface area contributed by atoms with Crippen molar-refractivity contribution >= 4 is 17.3 Å². The highest BCUT2D eigenvalue weighted by molar-refractivity contribution is 7.16. The number of hydrogen-bond donors (Lipinski definition) is 1. The molecule has 2 aromatic carbocycles. The minimum absolute atomic E-state index is 0.131. The first-order chi connectivity index (χ1) is 12.2. The SMILES string of the molecule is CC(C)(C)c1cc(-c2cccc(F)c2F)c(-c2ccccc2C(=O)O)s1. The van der Waals surface area contributed by atoms with Gasteiger partial charge in [-0.2, -0.15) is 0 Å². The first kappa shape index (κ1) is 18.3. The summed E-state index contributed by atoms with van der Waals surface area (Å²) in [6.07, 6.45) is 0. The maximum atomic E-state index is 14.5. The molecule has 134 valence electrons. The van der Waals surface area contributed by atoms with Gasteiger partial charge in [0.15, 0.2) is 11.6 Å². The Morgan fingerprint density at radius 1 is 0.962 bits per heavy atom. The molecule has 0 aliphatic rings. The Bertz CT molecular complexity index is 984. The van der Waals surface area contributed by atoms with Crippen LogP contribution in [0.15, 0.2) is 48.5 Å². The van der Waals surface area contributed by atoms with Crippen LogP contribution in [0, 0.1) is 11.6 Å². The predicted octanol–water partition coefficient (Wildman–Crippen LogP) is 6.36. The zero-order valence-electron chi connectivity index (χ0n) is 14.6. The molecule has 1 N–H and O–H groups in total. The first-order valence-corrected chi connectivity index (χ1v) is 8.93. The lowest BCUT2D eigenvalue weighted by molar-refractivity contribution is 0.0698. The molecule has 0 bridgehead atoms. The summed E-state index contributed by atoms with van der Waals surface area (Å²) in [4.78, 5) is 13.2. The van der Waals surface area contributed by atoms with Crippen LogP contribution in [-0.4, -0.2) is 11.1 Å². The zero-order valence-corrected chi connectivity index (χ0v) is 15.5. The molecule has 0 fully saturated rings. The van der Waals surface area contributed by atoms with Crippen molar-refractivity contribution in [1.82, 2.24) is 0 Å². The molecule has 0 saturated carbocycles. The summed E-state index contributed by atoms with van der Waals surface area (Å²) in [6, 6.07) is 12.5. The molecule has 5 heteroatoms. The van der Waals surface area contributed by atoms with Crippen molar-refractivity contribution in [3.8, 4) is 21.6 Å². The number of carbonyl (C=O) groups is 1. The lowest BCUT2D eigenvalue weighted by atomic mass is 9.92. The zero-order chi connectivity index (χ0) is 19.1. The fourth-order valence-corrected chi connectivity index (χ4v) is 4.01. The third-order valence-electron chi connectivity index (χ3n) is 4.12. The molecule has 0 saturated heterocycles. The maximum absolute atomic E-state index is 14.5. The lowest BCUT2D eigenvalue weighted by Gasteiger charge is -2.15. The van der Waals surface area contributed by atoms with Crippen molar-refractivity contribution in [3.05, 3.63) is 70.6 Å². The average Bonchev–Trinajstić information content (AvgIpc) is 3.02. The highest BCUT2D eigenvalue weighted by Crippen LogP contribution is 2.45. The number of benzene rings is 2. The Balaban J connectivity index is 2.34. The van der Waals surface area contributed by atoms with E-state index in [1.807, 2.05) is 26.8 Å². The van der Waals surface area contributed by atoms with E-state index in [2.05, 4.69) is 0 Å². The van der Waals surface area contributed by atoms with Crippen LogP contribution >= 0.6 is 11.3 Å². The van der Waals surface area contributed by atoms with Crippen LogP contribution in [0.3, 0.4) is 0 Å².